The maximum atomic E-state index is 5.94. The molecule has 0 aromatic heterocycles. The Morgan fingerprint density at radius 1 is 1.17 bits per heavy atom. The smallest absolute Gasteiger partial charge is 0.122 e. The first-order valence-electron chi connectivity index (χ1n) is 6.93. The van der Waals surface area contributed by atoms with E-state index in [-0.39, 0.29) is 0 Å². The van der Waals surface area contributed by atoms with Crippen LogP contribution in [0.4, 0.5) is 0 Å². The standard InChI is InChI=1S/C16H27NO/c1-6-18-16-9-12(4)15(8-13(16)5)14(10-17)7-11(2)3/h8-9,11,14H,6-7,10,17H2,1-5H3. The molecule has 0 spiro atoms. The van der Waals surface area contributed by atoms with Gasteiger partial charge in [-0.2, -0.15) is 0 Å². The van der Waals surface area contributed by atoms with Crippen LogP contribution in [-0.4, -0.2) is 13.2 Å². The minimum Gasteiger partial charge on any atom is -0.494 e. The van der Waals surface area contributed by atoms with E-state index in [1.54, 1.807) is 0 Å². The maximum absolute atomic E-state index is 5.94. The first-order chi connectivity index (χ1) is 8.49. The van der Waals surface area contributed by atoms with E-state index in [4.69, 9.17) is 10.5 Å². The van der Waals surface area contributed by atoms with Crippen LogP contribution in [0.5, 0.6) is 5.75 Å². The lowest BCUT2D eigenvalue weighted by atomic mass is 9.87. The number of nitrogens with two attached hydrogens (primary N) is 1. The summed E-state index contributed by atoms with van der Waals surface area (Å²) in [5, 5.41) is 0. The Labute approximate surface area is 112 Å². The molecule has 0 bridgehead atoms. The van der Waals surface area contributed by atoms with Gasteiger partial charge in [0.05, 0.1) is 6.61 Å². The average Bonchev–Trinajstić information content (AvgIpc) is 2.30. The fraction of sp³-hybridized carbons (Fsp3) is 0.625. The number of aryl methyl sites for hydroxylation is 2. The molecule has 102 valence electrons. The van der Waals surface area contributed by atoms with Gasteiger partial charge >= 0.3 is 0 Å². The summed E-state index contributed by atoms with van der Waals surface area (Å²) in [4.78, 5) is 0. The number of ether oxygens (including phenoxy) is 1. The van der Waals surface area contributed by atoms with Crippen LogP contribution in [0.1, 0.15) is 49.8 Å². The number of rotatable bonds is 6. The molecular formula is C16H27NO. The number of hydrogen-bond acceptors (Lipinski definition) is 2. The zero-order valence-corrected chi connectivity index (χ0v) is 12.4. The zero-order valence-electron chi connectivity index (χ0n) is 12.4. The second kappa shape index (κ2) is 6.79. The molecule has 2 nitrogen and oxygen atoms in total. The van der Waals surface area contributed by atoms with Gasteiger partial charge < -0.3 is 10.5 Å². The van der Waals surface area contributed by atoms with Gasteiger partial charge in [-0.1, -0.05) is 19.9 Å². The highest BCUT2D eigenvalue weighted by Crippen LogP contribution is 2.30. The Balaban J connectivity index is 3.04. The molecule has 18 heavy (non-hydrogen) atoms. The van der Waals surface area contributed by atoms with Crippen LogP contribution in [0.15, 0.2) is 12.1 Å². The van der Waals surface area contributed by atoms with Crippen LogP contribution in [-0.2, 0) is 0 Å². The molecule has 0 saturated carbocycles. The van der Waals surface area contributed by atoms with Gasteiger partial charge in [-0.25, -0.2) is 0 Å². The normalized spacial score (nSPS) is 12.8. The Kier molecular flexibility index (Phi) is 5.67. The Bertz CT molecular complexity index is 385. The molecule has 0 saturated heterocycles. The summed E-state index contributed by atoms with van der Waals surface area (Å²) >= 11 is 0. The van der Waals surface area contributed by atoms with Gasteiger partial charge in [0.2, 0.25) is 0 Å². The Hall–Kier alpha value is -1.02. The SMILES string of the molecule is CCOc1cc(C)c(C(CN)CC(C)C)cc1C. The lowest BCUT2D eigenvalue weighted by Gasteiger charge is -2.21. The van der Waals surface area contributed by atoms with E-state index in [0.29, 0.717) is 25.0 Å². The Morgan fingerprint density at radius 3 is 2.33 bits per heavy atom. The number of hydrogen-bond donors (Lipinski definition) is 1. The highest BCUT2D eigenvalue weighted by Gasteiger charge is 2.15. The molecule has 1 rings (SSSR count). The zero-order chi connectivity index (χ0) is 13.7. The van der Waals surface area contributed by atoms with Crippen molar-refractivity contribution in [1.29, 1.82) is 0 Å². The van der Waals surface area contributed by atoms with Crippen molar-refractivity contribution in [3.05, 3.63) is 28.8 Å². The second-order valence-electron chi connectivity index (χ2n) is 5.47. The van der Waals surface area contributed by atoms with Crippen LogP contribution in [0.2, 0.25) is 0 Å². The molecule has 1 atom stereocenters. The third kappa shape index (κ3) is 3.74. The topological polar surface area (TPSA) is 35.2 Å². The molecule has 0 amide bonds. The largest absolute Gasteiger partial charge is 0.494 e. The van der Waals surface area contributed by atoms with Crippen LogP contribution in [0.25, 0.3) is 0 Å². The third-order valence-corrected chi connectivity index (χ3v) is 3.34. The minimum atomic E-state index is 0.458. The summed E-state index contributed by atoms with van der Waals surface area (Å²) in [6.07, 6.45) is 1.14. The average molecular weight is 249 g/mol. The van der Waals surface area contributed by atoms with E-state index >= 15 is 0 Å². The van der Waals surface area contributed by atoms with E-state index in [0.717, 1.165) is 12.2 Å². The summed E-state index contributed by atoms with van der Waals surface area (Å²) in [5.74, 6) is 2.13. The van der Waals surface area contributed by atoms with Crippen molar-refractivity contribution in [2.45, 2.75) is 47.0 Å². The molecule has 1 aromatic carbocycles. The van der Waals surface area contributed by atoms with Crippen molar-refractivity contribution in [1.82, 2.24) is 0 Å². The monoisotopic (exact) mass is 249 g/mol. The molecular weight excluding hydrogens is 222 g/mol. The van der Waals surface area contributed by atoms with Gasteiger partial charge in [-0.3, -0.25) is 0 Å². The summed E-state index contributed by atoms with van der Waals surface area (Å²) in [5.41, 5.74) is 9.82. The van der Waals surface area contributed by atoms with Crippen molar-refractivity contribution >= 4 is 0 Å². The molecule has 1 aromatic rings. The summed E-state index contributed by atoms with van der Waals surface area (Å²) < 4.78 is 5.64. The predicted molar refractivity (Wildman–Crippen MR) is 78.3 cm³/mol. The van der Waals surface area contributed by atoms with Gasteiger partial charge in [-0.05, 0) is 68.3 Å². The molecule has 0 heterocycles. The fourth-order valence-electron chi connectivity index (χ4n) is 2.48. The van der Waals surface area contributed by atoms with E-state index in [9.17, 15) is 0 Å². The summed E-state index contributed by atoms with van der Waals surface area (Å²) in [7, 11) is 0. The fourth-order valence-corrected chi connectivity index (χ4v) is 2.48. The lowest BCUT2D eigenvalue weighted by Crippen LogP contribution is -2.16. The van der Waals surface area contributed by atoms with E-state index in [1.807, 2.05) is 6.92 Å². The van der Waals surface area contributed by atoms with Gasteiger partial charge in [0.15, 0.2) is 0 Å². The van der Waals surface area contributed by atoms with Crippen LogP contribution < -0.4 is 10.5 Å². The van der Waals surface area contributed by atoms with Gasteiger partial charge in [-0.15, -0.1) is 0 Å². The van der Waals surface area contributed by atoms with Crippen molar-refractivity contribution in [3.63, 3.8) is 0 Å². The van der Waals surface area contributed by atoms with Gasteiger partial charge in [0, 0.05) is 0 Å². The molecule has 2 N–H and O–H groups in total. The lowest BCUT2D eigenvalue weighted by molar-refractivity contribution is 0.337. The van der Waals surface area contributed by atoms with Crippen molar-refractivity contribution in [3.8, 4) is 5.75 Å². The highest BCUT2D eigenvalue weighted by atomic mass is 16.5. The molecule has 0 aliphatic rings. The quantitative estimate of drug-likeness (QED) is 0.832. The first kappa shape index (κ1) is 15.0. The number of benzene rings is 1. The van der Waals surface area contributed by atoms with Crippen molar-refractivity contribution < 1.29 is 4.74 Å². The molecule has 0 aliphatic carbocycles. The minimum absolute atomic E-state index is 0.458. The van der Waals surface area contributed by atoms with Crippen LogP contribution in [0.3, 0.4) is 0 Å². The van der Waals surface area contributed by atoms with E-state index in [2.05, 4.69) is 39.8 Å². The van der Waals surface area contributed by atoms with Gasteiger partial charge in [0.1, 0.15) is 5.75 Å². The third-order valence-electron chi connectivity index (χ3n) is 3.34. The molecule has 1 unspecified atom stereocenters. The van der Waals surface area contributed by atoms with Crippen LogP contribution >= 0.6 is 0 Å². The van der Waals surface area contributed by atoms with Crippen molar-refractivity contribution in [2.24, 2.45) is 11.7 Å². The highest BCUT2D eigenvalue weighted by molar-refractivity contribution is 5.43. The summed E-state index contributed by atoms with van der Waals surface area (Å²) in [6.45, 7) is 12.2. The van der Waals surface area contributed by atoms with Crippen molar-refractivity contribution in [2.75, 3.05) is 13.2 Å². The molecule has 2 heteroatoms. The Morgan fingerprint density at radius 2 is 1.83 bits per heavy atom. The molecule has 0 aliphatic heterocycles. The van der Waals surface area contributed by atoms with E-state index in [1.165, 1.54) is 16.7 Å². The van der Waals surface area contributed by atoms with E-state index < -0.39 is 0 Å². The summed E-state index contributed by atoms with van der Waals surface area (Å²) in [6, 6.07) is 4.40. The predicted octanol–water partition coefficient (Wildman–Crippen LogP) is 3.79. The molecule has 0 radical (unpaired) electrons. The second-order valence-corrected chi connectivity index (χ2v) is 5.47. The van der Waals surface area contributed by atoms with Gasteiger partial charge in [0.25, 0.3) is 0 Å². The first-order valence-corrected chi connectivity index (χ1v) is 6.93. The molecule has 0 fully saturated rings. The van der Waals surface area contributed by atoms with Crippen LogP contribution in [0, 0.1) is 19.8 Å². The maximum Gasteiger partial charge on any atom is 0.122 e.